The van der Waals surface area contributed by atoms with Gasteiger partial charge in [-0.2, -0.15) is 0 Å². The van der Waals surface area contributed by atoms with Crippen LogP contribution in [-0.4, -0.2) is 5.91 Å². The molecule has 0 bridgehead atoms. The molecule has 29 heavy (non-hydrogen) atoms. The number of hydrogen-bond donors (Lipinski definition) is 1. The molecule has 3 aromatic rings. The summed E-state index contributed by atoms with van der Waals surface area (Å²) in [5.74, 6) is -0.112. The Labute approximate surface area is 174 Å². The van der Waals surface area contributed by atoms with Crippen molar-refractivity contribution in [3.8, 4) is 0 Å². The fourth-order valence-corrected chi connectivity index (χ4v) is 3.22. The SMILES string of the molecule is Cc1ccc([C@@H](NC(=O)/C=C/c2ccc(C(C)(C)C)cc2)c2ccccc2)cc1. The van der Waals surface area contributed by atoms with Crippen molar-refractivity contribution in [2.75, 3.05) is 0 Å². The number of rotatable bonds is 5. The normalized spacial score (nSPS) is 12.7. The van der Waals surface area contributed by atoms with Gasteiger partial charge in [-0.3, -0.25) is 4.79 Å². The zero-order valence-electron chi connectivity index (χ0n) is 17.6. The molecule has 0 aliphatic carbocycles. The lowest BCUT2D eigenvalue weighted by atomic mass is 9.87. The Morgan fingerprint density at radius 2 is 1.41 bits per heavy atom. The van der Waals surface area contributed by atoms with Gasteiger partial charge >= 0.3 is 0 Å². The standard InChI is InChI=1S/C27H29NO/c1-20-10-15-23(16-11-20)26(22-8-6-5-7-9-22)28-25(29)19-14-21-12-17-24(18-13-21)27(2,3)4/h5-19,26H,1-4H3,(H,28,29)/b19-14+/t26-/m0/s1. The third kappa shape index (κ3) is 5.68. The van der Waals surface area contributed by atoms with Crippen molar-refractivity contribution in [2.45, 2.75) is 39.2 Å². The molecule has 148 valence electrons. The second-order valence-corrected chi connectivity index (χ2v) is 8.47. The Morgan fingerprint density at radius 3 is 2.00 bits per heavy atom. The predicted molar refractivity (Wildman–Crippen MR) is 122 cm³/mol. The summed E-state index contributed by atoms with van der Waals surface area (Å²) in [5, 5.41) is 3.15. The molecule has 0 aromatic heterocycles. The third-order valence-corrected chi connectivity index (χ3v) is 5.03. The zero-order chi connectivity index (χ0) is 20.9. The molecule has 0 spiro atoms. The van der Waals surface area contributed by atoms with Gasteiger partial charge in [0.25, 0.3) is 0 Å². The molecule has 1 amide bonds. The van der Waals surface area contributed by atoms with Crippen LogP contribution in [0.1, 0.15) is 54.6 Å². The zero-order valence-corrected chi connectivity index (χ0v) is 17.6. The molecule has 0 saturated heterocycles. The van der Waals surface area contributed by atoms with Crippen LogP contribution in [0.15, 0.2) is 84.9 Å². The molecule has 3 rings (SSSR count). The van der Waals surface area contributed by atoms with Crippen LogP contribution in [0.2, 0.25) is 0 Å². The molecular formula is C27H29NO. The average molecular weight is 384 g/mol. The number of carbonyl (C=O) groups excluding carboxylic acids is 1. The Kier molecular flexibility index (Phi) is 6.33. The van der Waals surface area contributed by atoms with Gasteiger partial charge in [-0.05, 0) is 40.7 Å². The summed E-state index contributed by atoms with van der Waals surface area (Å²) < 4.78 is 0. The van der Waals surface area contributed by atoms with E-state index in [1.807, 2.05) is 36.4 Å². The van der Waals surface area contributed by atoms with E-state index >= 15 is 0 Å². The van der Waals surface area contributed by atoms with Crippen molar-refractivity contribution in [2.24, 2.45) is 0 Å². The number of aryl methyl sites for hydroxylation is 1. The molecular weight excluding hydrogens is 354 g/mol. The molecule has 3 aromatic carbocycles. The van der Waals surface area contributed by atoms with Crippen LogP contribution in [0.3, 0.4) is 0 Å². The van der Waals surface area contributed by atoms with Crippen molar-refractivity contribution < 1.29 is 4.79 Å². The van der Waals surface area contributed by atoms with E-state index in [1.165, 1.54) is 11.1 Å². The highest BCUT2D eigenvalue weighted by Gasteiger charge is 2.16. The van der Waals surface area contributed by atoms with Gasteiger partial charge < -0.3 is 5.32 Å². The summed E-state index contributed by atoms with van der Waals surface area (Å²) in [7, 11) is 0. The molecule has 1 atom stereocenters. The molecule has 0 aliphatic heterocycles. The quantitative estimate of drug-likeness (QED) is 0.521. The smallest absolute Gasteiger partial charge is 0.244 e. The second-order valence-electron chi connectivity index (χ2n) is 8.47. The second kappa shape index (κ2) is 8.91. The van der Waals surface area contributed by atoms with Crippen LogP contribution in [-0.2, 0) is 10.2 Å². The van der Waals surface area contributed by atoms with Crippen LogP contribution >= 0.6 is 0 Å². The van der Waals surface area contributed by atoms with Crippen molar-refractivity contribution in [3.05, 3.63) is 113 Å². The van der Waals surface area contributed by atoms with Gasteiger partial charge in [-0.15, -0.1) is 0 Å². The first-order valence-electron chi connectivity index (χ1n) is 10.0. The van der Waals surface area contributed by atoms with E-state index in [0.29, 0.717) is 0 Å². The van der Waals surface area contributed by atoms with Gasteiger partial charge in [-0.1, -0.05) is 105 Å². The number of nitrogens with one attached hydrogen (secondary N) is 1. The summed E-state index contributed by atoms with van der Waals surface area (Å²) in [6, 6.07) is 26.5. The maximum absolute atomic E-state index is 12.7. The highest BCUT2D eigenvalue weighted by molar-refractivity contribution is 5.92. The van der Waals surface area contributed by atoms with E-state index in [4.69, 9.17) is 0 Å². The summed E-state index contributed by atoms with van der Waals surface area (Å²) in [5.41, 5.74) is 5.75. The topological polar surface area (TPSA) is 29.1 Å². The first kappa shape index (κ1) is 20.6. The number of amides is 1. The molecule has 2 heteroatoms. The fraction of sp³-hybridized carbons (Fsp3) is 0.222. The Bertz CT molecular complexity index is 962. The third-order valence-electron chi connectivity index (χ3n) is 5.03. The van der Waals surface area contributed by atoms with Crippen LogP contribution in [0.5, 0.6) is 0 Å². The number of benzene rings is 3. The van der Waals surface area contributed by atoms with Gasteiger partial charge in [-0.25, -0.2) is 0 Å². The lowest BCUT2D eigenvalue weighted by molar-refractivity contribution is -0.116. The Balaban J connectivity index is 1.76. The highest BCUT2D eigenvalue weighted by atomic mass is 16.1. The number of carbonyl (C=O) groups is 1. The van der Waals surface area contributed by atoms with Gasteiger partial charge in [0.15, 0.2) is 0 Å². The van der Waals surface area contributed by atoms with Crippen molar-refractivity contribution in [1.82, 2.24) is 5.32 Å². The molecule has 0 heterocycles. The number of hydrogen-bond acceptors (Lipinski definition) is 1. The summed E-state index contributed by atoms with van der Waals surface area (Å²) in [6.07, 6.45) is 3.47. The first-order valence-corrected chi connectivity index (χ1v) is 10.0. The summed E-state index contributed by atoms with van der Waals surface area (Å²) in [4.78, 5) is 12.7. The lowest BCUT2D eigenvalue weighted by Crippen LogP contribution is -2.27. The van der Waals surface area contributed by atoms with Crippen LogP contribution < -0.4 is 5.32 Å². The minimum absolute atomic E-state index is 0.112. The van der Waals surface area contributed by atoms with E-state index in [-0.39, 0.29) is 17.4 Å². The van der Waals surface area contributed by atoms with Gasteiger partial charge in [0.2, 0.25) is 5.91 Å². The largest absolute Gasteiger partial charge is 0.342 e. The average Bonchev–Trinajstić information content (AvgIpc) is 2.71. The van der Waals surface area contributed by atoms with Crippen LogP contribution in [0, 0.1) is 6.92 Å². The van der Waals surface area contributed by atoms with Crippen molar-refractivity contribution in [1.29, 1.82) is 0 Å². The molecule has 0 aliphatic rings. The minimum atomic E-state index is -0.183. The Hall–Kier alpha value is -3.13. The predicted octanol–water partition coefficient (Wildman–Crippen LogP) is 6.21. The van der Waals surface area contributed by atoms with Gasteiger partial charge in [0.1, 0.15) is 0 Å². The van der Waals surface area contributed by atoms with Crippen LogP contribution in [0.25, 0.3) is 6.08 Å². The molecule has 0 fully saturated rings. The molecule has 2 nitrogen and oxygen atoms in total. The highest BCUT2D eigenvalue weighted by Crippen LogP contribution is 2.23. The maximum Gasteiger partial charge on any atom is 0.244 e. The monoisotopic (exact) mass is 383 g/mol. The van der Waals surface area contributed by atoms with E-state index in [1.54, 1.807) is 6.08 Å². The first-order chi connectivity index (χ1) is 13.8. The molecule has 0 radical (unpaired) electrons. The summed E-state index contributed by atoms with van der Waals surface area (Å²) >= 11 is 0. The van der Waals surface area contributed by atoms with Gasteiger partial charge in [0, 0.05) is 6.08 Å². The van der Waals surface area contributed by atoms with Crippen molar-refractivity contribution >= 4 is 12.0 Å². The molecule has 1 N–H and O–H groups in total. The lowest BCUT2D eigenvalue weighted by Gasteiger charge is -2.19. The molecule has 0 saturated carbocycles. The van der Waals surface area contributed by atoms with E-state index in [0.717, 1.165) is 16.7 Å². The van der Waals surface area contributed by atoms with E-state index in [9.17, 15) is 4.79 Å². The summed E-state index contributed by atoms with van der Waals surface area (Å²) in [6.45, 7) is 8.65. The van der Waals surface area contributed by atoms with Crippen LogP contribution in [0.4, 0.5) is 0 Å². The molecule has 0 unspecified atom stereocenters. The van der Waals surface area contributed by atoms with Gasteiger partial charge in [0.05, 0.1) is 6.04 Å². The Morgan fingerprint density at radius 1 is 0.828 bits per heavy atom. The maximum atomic E-state index is 12.7. The fourth-order valence-electron chi connectivity index (χ4n) is 3.22. The minimum Gasteiger partial charge on any atom is -0.342 e. The van der Waals surface area contributed by atoms with E-state index < -0.39 is 0 Å². The van der Waals surface area contributed by atoms with Crippen molar-refractivity contribution in [3.63, 3.8) is 0 Å². The van der Waals surface area contributed by atoms with E-state index in [2.05, 4.69) is 81.5 Å².